The Labute approximate surface area is 168 Å². The number of hydrogen-bond donors (Lipinski definition) is 3. The second-order valence-electron chi connectivity index (χ2n) is 5.35. The van der Waals surface area contributed by atoms with Crippen LogP contribution in [0.2, 0.25) is 10.0 Å². The molecule has 0 aliphatic rings. The van der Waals surface area contributed by atoms with Gasteiger partial charge in [0.25, 0.3) is 5.91 Å². The molecule has 0 fully saturated rings. The molecule has 2 rings (SSSR count). The lowest BCUT2D eigenvalue weighted by molar-refractivity contribution is -0.274. The van der Waals surface area contributed by atoms with E-state index in [0.717, 1.165) is 18.2 Å². The highest BCUT2D eigenvalue weighted by molar-refractivity contribution is 6.35. The molecule has 0 spiro atoms. The third kappa shape index (κ3) is 6.50. The van der Waals surface area contributed by atoms with E-state index in [1.54, 1.807) is 6.92 Å². The summed E-state index contributed by atoms with van der Waals surface area (Å²) in [6.07, 6.45) is -4.93. The molecule has 0 saturated heterocycles. The molecule has 6 nitrogen and oxygen atoms in total. The van der Waals surface area contributed by atoms with Crippen molar-refractivity contribution in [3.8, 4) is 5.75 Å². The monoisotopic (exact) mass is 435 g/mol. The minimum atomic E-state index is -4.93. The molecule has 0 aliphatic heterocycles. The van der Waals surface area contributed by atoms with E-state index in [4.69, 9.17) is 23.2 Å². The molecule has 0 atom stereocenters. The average molecular weight is 436 g/mol. The first-order valence-electron chi connectivity index (χ1n) is 7.79. The lowest BCUT2D eigenvalue weighted by Gasteiger charge is -2.15. The van der Waals surface area contributed by atoms with Gasteiger partial charge in [0.1, 0.15) is 5.75 Å². The van der Waals surface area contributed by atoms with Gasteiger partial charge in [-0.3, -0.25) is 4.79 Å². The topological polar surface area (TPSA) is 79.5 Å². The normalized spacial score (nSPS) is 10.9. The van der Waals surface area contributed by atoms with E-state index in [0.29, 0.717) is 0 Å². The average Bonchev–Trinajstić information content (AvgIpc) is 2.52. The highest BCUT2D eigenvalue weighted by Crippen LogP contribution is 2.28. The summed E-state index contributed by atoms with van der Waals surface area (Å²) < 4.78 is 41.2. The van der Waals surface area contributed by atoms with E-state index in [2.05, 4.69) is 20.7 Å². The fraction of sp³-hybridized carbons (Fsp3) is 0.176. The molecule has 0 bridgehead atoms. The van der Waals surface area contributed by atoms with Crippen LogP contribution in [0.1, 0.15) is 17.3 Å². The highest BCUT2D eigenvalue weighted by Gasteiger charge is 2.31. The van der Waals surface area contributed by atoms with Crippen molar-refractivity contribution in [3.63, 3.8) is 0 Å². The molecule has 11 heteroatoms. The number of amides is 3. The Balaban J connectivity index is 2.27. The summed E-state index contributed by atoms with van der Waals surface area (Å²) >= 11 is 11.7. The van der Waals surface area contributed by atoms with Crippen LogP contribution in [0.25, 0.3) is 0 Å². The summed E-state index contributed by atoms with van der Waals surface area (Å²) in [5.41, 5.74) is 0.0197. The number of hydrogen-bond acceptors (Lipinski definition) is 3. The first-order valence-corrected chi connectivity index (χ1v) is 8.55. The van der Waals surface area contributed by atoms with Crippen LogP contribution in [-0.2, 0) is 0 Å². The first kappa shape index (κ1) is 21.6. The number of carbonyl (C=O) groups is 2. The van der Waals surface area contributed by atoms with Crippen LogP contribution in [0.3, 0.4) is 0 Å². The van der Waals surface area contributed by atoms with Crippen molar-refractivity contribution in [2.75, 3.05) is 17.2 Å². The first-order chi connectivity index (χ1) is 13.1. The summed E-state index contributed by atoms with van der Waals surface area (Å²) in [5, 5.41) is 7.78. The van der Waals surface area contributed by atoms with E-state index in [1.807, 2.05) is 0 Å². The maximum Gasteiger partial charge on any atom is 0.573 e. The van der Waals surface area contributed by atoms with Gasteiger partial charge in [0.15, 0.2) is 0 Å². The van der Waals surface area contributed by atoms with Crippen molar-refractivity contribution in [1.29, 1.82) is 0 Å². The van der Waals surface area contributed by atoms with E-state index in [-0.39, 0.29) is 33.5 Å². The van der Waals surface area contributed by atoms with Crippen LogP contribution in [-0.4, -0.2) is 24.8 Å². The van der Waals surface area contributed by atoms with E-state index < -0.39 is 24.1 Å². The van der Waals surface area contributed by atoms with Crippen molar-refractivity contribution >= 4 is 46.5 Å². The predicted molar refractivity (Wildman–Crippen MR) is 100 cm³/mol. The zero-order valence-corrected chi connectivity index (χ0v) is 15.8. The molecule has 0 aliphatic carbocycles. The van der Waals surface area contributed by atoms with Gasteiger partial charge in [-0.25, -0.2) is 4.79 Å². The van der Waals surface area contributed by atoms with Crippen molar-refractivity contribution < 1.29 is 27.5 Å². The third-order valence-electron chi connectivity index (χ3n) is 3.18. The van der Waals surface area contributed by atoms with Crippen LogP contribution in [0.15, 0.2) is 36.4 Å². The van der Waals surface area contributed by atoms with Gasteiger partial charge in [0.2, 0.25) is 0 Å². The van der Waals surface area contributed by atoms with E-state index in [1.165, 1.54) is 18.2 Å². The van der Waals surface area contributed by atoms with Crippen LogP contribution in [0.4, 0.5) is 29.3 Å². The smallest absolute Gasteiger partial charge is 0.406 e. The standard InChI is InChI=1S/C17H14Cl2F3N3O3/c1-2-23-15(26)13-4-3-12(28-17(20,21)22)8-14(13)25-16(27)24-11-6-9(18)5-10(19)7-11/h3-8H,2H2,1H3,(H,23,26)(H2,24,25,27). The minimum absolute atomic E-state index is 0.0457. The molecule has 0 unspecified atom stereocenters. The largest absolute Gasteiger partial charge is 0.573 e. The second kappa shape index (κ2) is 9.03. The Bertz CT molecular complexity index is 871. The Hall–Kier alpha value is -2.65. The number of halogens is 5. The zero-order valence-electron chi connectivity index (χ0n) is 14.3. The van der Waals surface area contributed by atoms with Crippen LogP contribution in [0, 0.1) is 0 Å². The molecule has 28 heavy (non-hydrogen) atoms. The third-order valence-corrected chi connectivity index (χ3v) is 3.61. The van der Waals surface area contributed by atoms with Crippen molar-refractivity contribution in [3.05, 3.63) is 52.0 Å². The predicted octanol–water partition coefficient (Wildman–Crippen LogP) is 5.29. The minimum Gasteiger partial charge on any atom is -0.406 e. The highest BCUT2D eigenvalue weighted by atomic mass is 35.5. The van der Waals surface area contributed by atoms with E-state index >= 15 is 0 Å². The number of rotatable bonds is 5. The molecule has 0 aromatic heterocycles. The van der Waals surface area contributed by atoms with Gasteiger partial charge in [-0.1, -0.05) is 23.2 Å². The lowest BCUT2D eigenvalue weighted by Crippen LogP contribution is -2.26. The molecular formula is C17H14Cl2F3N3O3. The van der Waals surface area contributed by atoms with E-state index in [9.17, 15) is 22.8 Å². The Morgan fingerprint density at radius 3 is 2.25 bits per heavy atom. The van der Waals surface area contributed by atoms with Gasteiger partial charge < -0.3 is 20.7 Å². The van der Waals surface area contributed by atoms with Crippen LogP contribution in [0.5, 0.6) is 5.75 Å². The van der Waals surface area contributed by atoms with Gasteiger partial charge in [0, 0.05) is 28.3 Å². The molecule has 2 aromatic rings. The number of urea groups is 1. The lowest BCUT2D eigenvalue weighted by atomic mass is 10.1. The fourth-order valence-electron chi connectivity index (χ4n) is 2.19. The SMILES string of the molecule is CCNC(=O)c1ccc(OC(F)(F)F)cc1NC(=O)Nc1cc(Cl)cc(Cl)c1. The number of nitrogens with one attached hydrogen (secondary N) is 3. The maximum absolute atomic E-state index is 12.5. The zero-order chi connectivity index (χ0) is 20.9. The maximum atomic E-state index is 12.5. The molecule has 3 N–H and O–H groups in total. The Morgan fingerprint density at radius 2 is 1.68 bits per heavy atom. The van der Waals surface area contributed by atoms with Gasteiger partial charge in [-0.15, -0.1) is 13.2 Å². The van der Waals surface area contributed by atoms with Gasteiger partial charge in [-0.2, -0.15) is 0 Å². The number of benzene rings is 2. The fourth-order valence-corrected chi connectivity index (χ4v) is 2.71. The quantitative estimate of drug-likeness (QED) is 0.597. The summed E-state index contributed by atoms with van der Waals surface area (Å²) in [6, 6.07) is 6.44. The van der Waals surface area contributed by atoms with Crippen molar-refractivity contribution in [2.24, 2.45) is 0 Å². The van der Waals surface area contributed by atoms with Crippen molar-refractivity contribution in [1.82, 2.24) is 5.32 Å². The number of alkyl halides is 3. The van der Waals surface area contributed by atoms with Gasteiger partial charge in [0.05, 0.1) is 11.3 Å². The summed E-state index contributed by atoms with van der Waals surface area (Å²) in [7, 11) is 0. The van der Waals surface area contributed by atoms with Gasteiger partial charge in [-0.05, 0) is 37.3 Å². The number of ether oxygens (including phenoxy) is 1. The van der Waals surface area contributed by atoms with Crippen molar-refractivity contribution in [2.45, 2.75) is 13.3 Å². The Kier molecular flexibility index (Phi) is 6.98. The molecule has 150 valence electrons. The van der Waals surface area contributed by atoms with Crippen LogP contribution < -0.4 is 20.7 Å². The second-order valence-corrected chi connectivity index (χ2v) is 6.22. The summed E-state index contributed by atoms with van der Waals surface area (Å²) in [4.78, 5) is 24.3. The molecular weight excluding hydrogens is 422 g/mol. The Morgan fingerprint density at radius 1 is 1.04 bits per heavy atom. The molecule has 2 aromatic carbocycles. The number of anilines is 2. The van der Waals surface area contributed by atoms with Crippen LogP contribution >= 0.6 is 23.2 Å². The van der Waals surface area contributed by atoms with Gasteiger partial charge >= 0.3 is 12.4 Å². The molecule has 0 radical (unpaired) electrons. The molecule has 3 amide bonds. The molecule has 0 saturated carbocycles. The number of carbonyl (C=O) groups excluding carboxylic acids is 2. The molecule has 0 heterocycles. The summed E-state index contributed by atoms with van der Waals surface area (Å²) in [6.45, 7) is 1.95. The summed E-state index contributed by atoms with van der Waals surface area (Å²) in [5.74, 6) is -1.18.